The van der Waals surface area contributed by atoms with Crippen LogP contribution >= 0.6 is 0 Å². The Labute approximate surface area is 116 Å². The standard InChI is InChI=1S/C13H16FN5O/c14-11-2-4-12(5-3-11)17-13(20)10-15-6-1-8-19-9-7-16-18-19/h2-5,7,9,15H,1,6,8,10H2,(H,17,20). The van der Waals surface area contributed by atoms with E-state index in [-0.39, 0.29) is 18.3 Å². The van der Waals surface area contributed by atoms with Crippen molar-refractivity contribution in [3.8, 4) is 0 Å². The summed E-state index contributed by atoms with van der Waals surface area (Å²) in [5.74, 6) is -0.480. The number of nitrogens with zero attached hydrogens (tertiary/aromatic N) is 3. The van der Waals surface area contributed by atoms with E-state index in [4.69, 9.17) is 0 Å². The fourth-order valence-electron chi connectivity index (χ4n) is 1.66. The fourth-order valence-corrected chi connectivity index (χ4v) is 1.66. The maximum atomic E-state index is 12.7. The number of aromatic nitrogens is 3. The van der Waals surface area contributed by atoms with E-state index in [9.17, 15) is 9.18 Å². The van der Waals surface area contributed by atoms with E-state index < -0.39 is 0 Å². The molecule has 7 heteroatoms. The summed E-state index contributed by atoms with van der Waals surface area (Å²) in [7, 11) is 0. The number of hydrogen-bond donors (Lipinski definition) is 2. The van der Waals surface area contributed by atoms with E-state index >= 15 is 0 Å². The summed E-state index contributed by atoms with van der Waals surface area (Å²) < 4.78 is 14.4. The van der Waals surface area contributed by atoms with Crippen molar-refractivity contribution >= 4 is 11.6 Å². The van der Waals surface area contributed by atoms with Crippen molar-refractivity contribution in [2.24, 2.45) is 0 Å². The molecule has 0 radical (unpaired) electrons. The van der Waals surface area contributed by atoms with Crippen molar-refractivity contribution < 1.29 is 9.18 Å². The van der Waals surface area contributed by atoms with Gasteiger partial charge in [0.15, 0.2) is 0 Å². The molecule has 0 atom stereocenters. The first-order chi connectivity index (χ1) is 9.74. The van der Waals surface area contributed by atoms with Crippen molar-refractivity contribution in [3.63, 3.8) is 0 Å². The lowest BCUT2D eigenvalue weighted by atomic mass is 10.3. The molecule has 0 aliphatic heterocycles. The van der Waals surface area contributed by atoms with Crippen LogP contribution in [0.1, 0.15) is 6.42 Å². The highest BCUT2D eigenvalue weighted by Gasteiger charge is 2.01. The number of halogens is 1. The molecule has 106 valence electrons. The second-order valence-electron chi connectivity index (χ2n) is 4.25. The Balaban J connectivity index is 1.59. The molecule has 2 rings (SSSR count). The number of hydrogen-bond acceptors (Lipinski definition) is 4. The van der Waals surface area contributed by atoms with Gasteiger partial charge in [-0.25, -0.2) is 4.39 Å². The molecule has 0 spiro atoms. The molecule has 0 saturated heterocycles. The molecule has 2 N–H and O–H groups in total. The summed E-state index contributed by atoms with van der Waals surface area (Å²) in [5.41, 5.74) is 0.584. The first-order valence-electron chi connectivity index (χ1n) is 6.34. The van der Waals surface area contributed by atoms with E-state index in [2.05, 4.69) is 20.9 Å². The zero-order valence-electron chi connectivity index (χ0n) is 10.9. The molecule has 1 aromatic heterocycles. The van der Waals surface area contributed by atoms with Crippen LogP contribution < -0.4 is 10.6 Å². The Hall–Kier alpha value is -2.28. The first-order valence-corrected chi connectivity index (χ1v) is 6.34. The predicted octanol–water partition coefficient (Wildman–Crippen LogP) is 1.04. The van der Waals surface area contributed by atoms with E-state index in [1.165, 1.54) is 24.3 Å². The Morgan fingerprint density at radius 1 is 1.30 bits per heavy atom. The molecular weight excluding hydrogens is 261 g/mol. The zero-order valence-corrected chi connectivity index (χ0v) is 10.9. The third-order valence-electron chi connectivity index (χ3n) is 2.63. The number of nitrogens with one attached hydrogen (secondary N) is 2. The van der Waals surface area contributed by atoms with Crippen molar-refractivity contribution in [2.75, 3.05) is 18.4 Å². The molecule has 2 aromatic rings. The number of anilines is 1. The maximum absolute atomic E-state index is 12.7. The van der Waals surface area contributed by atoms with Crippen LogP contribution in [-0.4, -0.2) is 34.0 Å². The third kappa shape index (κ3) is 4.77. The van der Waals surface area contributed by atoms with Gasteiger partial charge in [-0.05, 0) is 37.2 Å². The number of amides is 1. The molecule has 20 heavy (non-hydrogen) atoms. The van der Waals surface area contributed by atoms with E-state index in [1.54, 1.807) is 17.1 Å². The van der Waals surface area contributed by atoms with Gasteiger partial charge in [0.1, 0.15) is 5.82 Å². The van der Waals surface area contributed by atoms with Gasteiger partial charge in [0.25, 0.3) is 0 Å². The minimum atomic E-state index is -0.325. The average Bonchev–Trinajstić information content (AvgIpc) is 2.94. The summed E-state index contributed by atoms with van der Waals surface area (Å²) in [5, 5.41) is 13.3. The summed E-state index contributed by atoms with van der Waals surface area (Å²) >= 11 is 0. The number of rotatable bonds is 7. The van der Waals surface area contributed by atoms with E-state index in [0.717, 1.165) is 13.0 Å². The maximum Gasteiger partial charge on any atom is 0.238 e. The Kier molecular flexibility index (Phi) is 5.19. The molecule has 1 amide bonds. The molecule has 0 fully saturated rings. The Morgan fingerprint density at radius 3 is 2.80 bits per heavy atom. The number of aryl methyl sites for hydroxylation is 1. The van der Waals surface area contributed by atoms with Crippen LogP contribution in [0.3, 0.4) is 0 Å². The molecule has 6 nitrogen and oxygen atoms in total. The largest absolute Gasteiger partial charge is 0.325 e. The monoisotopic (exact) mass is 277 g/mol. The molecule has 0 unspecified atom stereocenters. The second kappa shape index (κ2) is 7.34. The Bertz CT molecular complexity index is 526. The number of carbonyl (C=O) groups excluding carboxylic acids is 1. The fraction of sp³-hybridized carbons (Fsp3) is 0.308. The van der Waals surface area contributed by atoms with Gasteiger partial charge in [-0.15, -0.1) is 5.10 Å². The Morgan fingerprint density at radius 2 is 2.10 bits per heavy atom. The topological polar surface area (TPSA) is 71.8 Å². The minimum Gasteiger partial charge on any atom is -0.325 e. The van der Waals surface area contributed by atoms with Gasteiger partial charge in [-0.3, -0.25) is 9.48 Å². The average molecular weight is 277 g/mol. The lowest BCUT2D eigenvalue weighted by Gasteiger charge is -2.06. The summed E-state index contributed by atoms with van der Waals surface area (Å²) in [6, 6.07) is 5.66. The molecule has 0 bridgehead atoms. The van der Waals surface area contributed by atoms with Crippen LogP contribution in [0.25, 0.3) is 0 Å². The second-order valence-corrected chi connectivity index (χ2v) is 4.25. The normalized spacial score (nSPS) is 10.4. The van der Waals surface area contributed by atoms with Gasteiger partial charge in [0.05, 0.1) is 12.7 Å². The predicted molar refractivity (Wildman–Crippen MR) is 72.5 cm³/mol. The van der Waals surface area contributed by atoms with Crippen molar-refractivity contribution in [1.82, 2.24) is 20.3 Å². The van der Waals surface area contributed by atoms with Crippen molar-refractivity contribution in [2.45, 2.75) is 13.0 Å². The molecule has 0 aliphatic carbocycles. The summed E-state index contributed by atoms with van der Waals surface area (Å²) in [6.45, 7) is 1.68. The van der Waals surface area contributed by atoms with Gasteiger partial charge in [-0.1, -0.05) is 5.21 Å². The highest BCUT2D eigenvalue weighted by atomic mass is 19.1. The van der Waals surface area contributed by atoms with Crippen LogP contribution in [0.4, 0.5) is 10.1 Å². The SMILES string of the molecule is O=C(CNCCCn1ccnn1)Nc1ccc(F)cc1. The zero-order chi connectivity index (χ0) is 14.2. The summed E-state index contributed by atoms with van der Waals surface area (Å²) in [6.07, 6.45) is 4.28. The number of benzene rings is 1. The molecular formula is C13H16FN5O. The van der Waals surface area contributed by atoms with E-state index in [1.807, 2.05) is 0 Å². The molecule has 0 aliphatic rings. The lowest BCUT2D eigenvalue weighted by Crippen LogP contribution is -2.29. The highest BCUT2D eigenvalue weighted by Crippen LogP contribution is 2.07. The molecule has 0 saturated carbocycles. The van der Waals surface area contributed by atoms with Crippen LogP contribution in [-0.2, 0) is 11.3 Å². The van der Waals surface area contributed by atoms with Crippen LogP contribution in [0.15, 0.2) is 36.7 Å². The third-order valence-corrected chi connectivity index (χ3v) is 2.63. The van der Waals surface area contributed by atoms with Crippen LogP contribution in [0, 0.1) is 5.82 Å². The smallest absolute Gasteiger partial charge is 0.238 e. The van der Waals surface area contributed by atoms with Crippen molar-refractivity contribution in [3.05, 3.63) is 42.5 Å². The van der Waals surface area contributed by atoms with Gasteiger partial charge < -0.3 is 10.6 Å². The number of carbonyl (C=O) groups is 1. The molecule has 1 aromatic carbocycles. The van der Waals surface area contributed by atoms with Gasteiger partial charge in [0, 0.05) is 18.4 Å². The van der Waals surface area contributed by atoms with Crippen LogP contribution in [0.2, 0.25) is 0 Å². The summed E-state index contributed by atoms with van der Waals surface area (Å²) in [4.78, 5) is 11.6. The lowest BCUT2D eigenvalue weighted by molar-refractivity contribution is -0.115. The van der Waals surface area contributed by atoms with Crippen molar-refractivity contribution in [1.29, 1.82) is 0 Å². The van der Waals surface area contributed by atoms with E-state index in [0.29, 0.717) is 12.2 Å². The highest BCUT2D eigenvalue weighted by molar-refractivity contribution is 5.92. The van der Waals surface area contributed by atoms with Gasteiger partial charge in [-0.2, -0.15) is 0 Å². The van der Waals surface area contributed by atoms with Gasteiger partial charge in [0.2, 0.25) is 5.91 Å². The quantitative estimate of drug-likeness (QED) is 0.742. The van der Waals surface area contributed by atoms with Gasteiger partial charge >= 0.3 is 0 Å². The first kappa shape index (κ1) is 14.1. The molecule has 1 heterocycles. The van der Waals surface area contributed by atoms with Crippen LogP contribution in [0.5, 0.6) is 0 Å². The minimum absolute atomic E-state index is 0.155.